The molecule has 12 nitrogen and oxygen atoms in total. The number of ether oxygens (including phenoxy) is 4. The van der Waals surface area contributed by atoms with Gasteiger partial charge in [-0.05, 0) is 64.2 Å². The zero-order valence-corrected chi connectivity index (χ0v) is 31.3. The molecule has 5 rings (SSSR count). The molecule has 0 saturated carbocycles. The summed E-state index contributed by atoms with van der Waals surface area (Å²) in [5.74, 6) is -0.315. The van der Waals surface area contributed by atoms with Crippen LogP contribution in [0.1, 0.15) is 18.4 Å². The van der Waals surface area contributed by atoms with Crippen LogP contribution in [0.25, 0.3) is 32.7 Å². The third-order valence-corrected chi connectivity index (χ3v) is 8.92. The van der Waals surface area contributed by atoms with Crippen LogP contribution in [0.15, 0.2) is 122 Å². The van der Waals surface area contributed by atoms with E-state index in [2.05, 4.69) is 29.1 Å². The molecule has 0 bridgehead atoms. The second-order valence-corrected chi connectivity index (χ2v) is 12.8. The Hall–Kier alpha value is -6.82. The monoisotopic (exact) mass is 757 g/mol. The molecule has 56 heavy (non-hydrogen) atoms. The van der Waals surface area contributed by atoms with Crippen LogP contribution in [0.2, 0.25) is 0 Å². The van der Waals surface area contributed by atoms with E-state index < -0.39 is 36.5 Å². The van der Waals surface area contributed by atoms with Gasteiger partial charge in [0.15, 0.2) is 12.6 Å². The van der Waals surface area contributed by atoms with E-state index in [1.165, 1.54) is 7.11 Å². The second kappa shape index (κ2) is 20.0. The summed E-state index contributed by atoms with van der Waals surface area (Å²) < 4.78 is 23.0. The Balaban J connectivity index is 1.39. The minimum absolute atomic E-state index is 0.132. The number of guanidine groups is 1. The first kappa shape index (κ1) is 40.4. The average Bonchev–Trinajstić information content (AvgIpc) is 3.21. The van der Waals surface area contributed by atoms with Gasteiger partial charge in [-0.2, -0.15) is 0 Å². The molecule has 0 aliphatic heterocycles. The van der Waals surface area contributed by atoms with Crippen molar-refractivity contribution in [2.45, 2.75) is 31.3 Å². The van der Waals surface area contributed by atoms with Crippen LogP contribution in [0, 0.1) is 5.41 Å². The Bertz CT molecular complexity index is 2190. The highest BCUT2D eigenvalue weighted by Crippen LogP contribution is 2.45. The van der Waals surface area contributed by atoms with Crippen LogP contribution >= 0.6 is 0 Å². The summed E-state index contributed by atoms with van der Waals surface area (Å²) in [5, 5.41) is 19.5. The number of rotatable bonds is 20. The molecule has 0 aromatic heterocycles. The minimum Gasteiger partial charge on any atom is -0.490 e. The third kappa shape index (κ3) is 10.7. The van der Waals surface area contributed by atoms with Gasteiger partial charge in [-0.15, -0.1) is 0 Å². The Morgan fingerprint density at radius 1 is 0.750 bits per heavy atom. The van der Waals surface area contributed by atoms with Crippen LogP contribution < -0.4 is 35.9 Å². The fourth-order valence-electron chi connectivity index (χ4n) is 6.31. The molecule has 0 aliphatic rings. The number of hydrogen-bond donors (Lipinski definition) is 5. The molecule has 0 saturated heterocycles. The molecular weight excluding hydrogens is 711 g/mol. The summed E-state index contributed by atoms with van der Waals surface area (Å²) in [5.41, 5.74) is 7.75. The number of amides is 2. The number of carbonyl (C=O) groups excluding carboxylic acids is 3. The fourth-order valence-corrected chi connectivity index (χ4v) is 6.31. The van der Waals surface area contributed by atoms with Crippen LogP contribution in [-0.2, 0) is 25.5 Å². The summed E-state index contributed by atoms with van der Waals surface area (Å²) in [4.78, 5) is 40.3. The summed E-state index contributed by atoms with van der Waals surface area (Å²) in [6, 6.07) is 28.5. The van der Waals surface area contributed by atoms with Gasteiger partial charge in [0.05, 0.1) is 7.11 Å². The predicted molar refractivity (Wildman–Crippen MR) is 219 cm³/mol. The lowest BCUT2D eigenvalue weighted by Crippen LogP contribution is -2.53. The molecule has 0 fully saturated rings. The number of methoxy groups -OCH3 is 1. The lowest BCUT2D eigenvalue weighted by molar-refractivity contribution is -0.145. The van der Waals surface area contributed by atoms with Crippen molar-refractivity contribution < 1.29 is 33.3 Å². The van der Waals surface area contributed by atoms with Gasteiger partial charge in [0.25, 0.3) is 5.91 Å². The molecule has 290 valence electrons. The molecule has 0 spiro atoms. The van der Waals surface area contributed by atoms with Crippen molar-refractivity contribution in [3.05, 3.63) is 128 Å². The average molecular weight is 758 g/mol. The highest BCUT2D eigenvalue weighted by Gasteiger charge is 2.28. The third-order valence-electron chi connectivity index (χ3n) is 8.92. The number of benzene rings is 5. The smallest absolute Gasteiger partial charge is 0.328 e. The van der Waals surface area contributed by atoms with Gasteiger partial charge in [-0.1, -0.05) is 98.1 Å². The van der Waals surface area contributed by atoms with E-state index in [1.54, 1.807) is 36.4 Å². The van der Waals surface area contributed by atoms with Crippen LogP contribution in [-0.4, -0.2) is 69.3 Å². The number of fused-ring (bicyclic) bond motifs is 2. The van der Waals surface area contributed by atoms with Gasteiger partial charge in [0.2, 0.25) is 5.91 Å². The maximum Gasteiger partial charge on any atom is 0.328 e. The highest BCUT2D eigenvalue weighted by atomic mass is 16.5. The first-order chi connectivity index (χ1) is 27.2. The van der Waals surface area contributed by atoms with Crippen molar-refractivity contribution in [1.82, 2.24) is 16.0 Å². The standard InChI is InChI=1S/C44H47N5O7/c1-4-25-54-32-20-16-29(17-21-32)27-36(43(52)53-3)49-42(51)35(15-10-24-47-44(45)46)48-39(50)28-56-38-23-19-31-12-7-9-14-34(31)41(38)40-33-13-8-6-11-30(33)18-22-37(40)55-26-5-2/h4-9,11-14,16-23,35-36H,1-2,10,15,24-28H2,3H3,(H,48,50)(H,49,51)(H4,45,46,47)/t35-,36+/m1/s1. The molecule has 0 heterocycles. The van der Waals surface area contributed by atoms with Crippen molar-refractivity contribution in [2.75, 3.05) is 33.5 Å². The molecule has 0 unspecified atom stereocenters. The number of carbonyl (C=O) groups is 3. The largest absolute Gasteiger partial charge is 0.490 e. The van der Waals surface area contributed by atoms with Gasteiger partial charge in [-0.3, -0.25) is 15.0 Å². The van der Waals surface area contributed by atoms with E-state index in [0.29, 0.717) is 30.3 Å². The Morgan fingerprint density at radius 3 is 1.93 bits per heavy atom. The van der Waals surface area contributed by atoms with Crippen LogP contribution in [0.5, 0.6) is 17.2 Å². The number of nitrogens with two attached hydrogens (primary N) is 1. The maximum atomic E-state index is 13.8. The molecule has 2 atom stereocenters. The van der Waals surface area contributed by atoms with E-state index in [0.717, 1.165) is 38.2 Å². The number of hydrogen-bond acceptors (Lipinski definition) is 8. The summed E-state index contributed by atoms with van der Waals surface area (Å²) in [7, 11) is 1.24. The summed E-state index contributed by atoms with van der Waals surface area (Å²) in [6.07, 6.45) is 3.99. The zero-order valence-electron chi connectivity index (χ0n) is 31.3. The zero-order chi connectivity index (χ0) is 39.9. The summed E-state index contributed by atoms with van der Waals surface area (Å²) >= 11 is 0. The van der Waals surface area contributed by atoms with Crippen molar-refractivity contribution in [1.29, 1.82) is 5.41 Å². The Morgan fingerprint density at radius 2 is 1.34 bits per heavy atom. The van der Waals surface area contributed by atoms with Gasteiger partial charge >= 0.3 is 5.97 Å². The Kier molecular flexibility index (Phi) is 14.4. The molecule has 12 heteroatoms. The topological polar surface area (TPSA) is 174 Å². The highest BCUT2D eigenvalue weighted by molar-refractivity contribution is 6.10. The van der Waals surface area contributed by atoms with Gasteiger partial charge in [0.1, 0.15) is 42.5 Å². The van der Waals surface area contributed by atoms with Gasteiger partial charge in [-0.25, -0.2) is 4.79 Å². The Labute approximate surface area is 326 Å². The normalized spacial score (nSPS) is 11.8. The van der Waals surface area contributed by atoms with E-state index in [4.69, 9.17) is 30.1 Å². The molecule has 5 aromatic rings. The van der Waals surface area contributed by atoms with E-state index in [9.17, 15) is 14.4 Å². The van der Waals surface area contributed by atoms with E-state index in [-0.39, 0.29) is 32.0 Å². The van der Waals surface area contributed by atoms with Crippen LogP contribution in [0.3, 0.4) is 0 Å². The van der Waals surface area contributed by atoms with Gasteiger partial charge < -0.3 is 40.6 Å². The minimum atomic E-state index is -1.06. The van der Waals surface area contributed by atoms with E-state index in [1.807, 2.05) is 72.8 Å². The molecule has 0 aliphatic carbocycles. The SMILES string of the molecule is C=CCOc1ccc(C[C@H](NC(=O)[C@@H](CCCNC(=N)N)NC(=O)COc2ccc3ccccc3c2-c2c(OCC=C)ccc3ccccc23)C(=O)OC)cc1. The first-order valence-electron chi connectivity index (χ1n) is 18.2. The fraction of sp³-hybridized carbons (Fsp3) is 0.227. The second-order valence-electron chi connectivity index (χ2n) is 12.8. The number of esters is 1. The van der Waals surface area contributed by atoms with Gasteiger partial charge in [0, 0.05) is 24.1 Å². The molecule has 2 amide bonds. The van der Waals surface area contributed by atoms with Crippen molar-refractivity contribution in [3.63, 3.8) is 0 Å². The van der Waals surface area contributed by atoms with Crippen molar-refractivity contribution >= 4 is 45.3 Å². The first-order valence-corrected chi connectivity index (χ1v) is 18.2. The molecular formula is C44H47N5O7. The molecule has 6 N–H and O–H groups in total. The summed E-state index contributed by atoms with van der Waals surface area (Å²) in [6.45, 7) is 7.95. The number of nitrogens with one attached hydrogen (secondary N) is 4. The maximum absolute atomic E-state index is 13.8. The van der Waals surface area contributed by atoms with Crippen LogP contribution in [0.4, 0.5) is 0 Å². The molecule has 0 radical (unpaired) electrons. The quantitative estimate of drug-likeness (QED) is 0.0216. The van der Waals surface area contributed by atoms with Crippen molar-refractivity contribution in [2.24, 2.45) is 5.73 Å². The lowest BCUT2D eigenvalue weighted by atomic mass is 9.92. The van der Waals surface area contributed by atoms with E-state index >= 15 is 0 Å². The predicted octanol–water partition coefficient (Wildman–Crippen LogP) is 5.82. The van der Waals surface area contributed by atoms with Crippen molar-refractivity contribution in [3.8, 4) is 28.4 Å². The molecule has 5 aromatic carbocycles. The lowest BCUT2D eigenvalue weighted by Gasteiger charge is -2.23.